The Hall–Kier alpha value is -0.720. The molecule has 3 rings (SSSR count). The molecule has 0 radical (unpaired) electrons. The number of aromatic nitrogens is 1. The first-order valence-corrected chi connectivity index (χ1v) is 7.82. The summed E-state index contributed by atoms with van der Waals surface area (Å²) in [5.74, 6) is 2.88. The number of hydrogen-bond donors (Lipinski definition) is 1. The summed E-state index contributed by atoms with van der Waals surface area (Å²) < 4.78 is 2.09. The summed E-state index contributed by atoms with van der Waals surface area (Å²) in [4.78, 5) is 6.94. The summed E-state index contributed by atoms with van der Waals surface area (Å²) in [7, 11) is 3.96. The van der Waals surface area contributed by atoms with Crippen LogP contribution in [-0.4, -0.2) is 35.6 Å². The van der Waals surface area contributed by atoms with E-state index in [1.165, 1.54) is 44.3 Å². The van der Waals surface area contributed by atoms with E-state index in [4.69, 9.17) is 0 Å². The highest BCUT2D eigenvalue weighted by molar-refractivity contribution is 14.0. The lowest BCUT2D eigenvalue weighted by molar-refractivity contribution is 0.299. The third-order valence-electron chi connectivity index (χ3n) is 4.83. The van der Waals surface area contributed by atoms with Crippen molar-refractivity contribution in [2.75, 3.05) is 20.1 Å². The van der Waals surface area contributed by atoms with Crippen LogP contribution in [0.1, 0.15) is 31.2 Å². The maximum atomic E-state index is 4.47. The van der Waals surface area contributed by atoms with Crippen LogP contribution in [0.4, 0.5) is 0 Å². The Bertz CT molecular complexity index is 468. The lowest BCUT2D eigenvalue weighted by atomic mass is 9.82. The second kappa shape index (κ2) is 7.51. The zero-order valence-electron chi connectivity index (χ0n) is 13.1. The van der Waals surface area contributed by atoms with Crippen molar-refractivity contribution in [1.29, 1.82) is 0 Å². The number of guanidine groups is 1. The number of nitrogens with zero attached hydrogens (tertiary/aromatic N) is 3. The van der Waals surface area contributed by atoms with Crippen LogP contribution in [0.25, 0.3) is 0 Å². The van der Waals surface area contributed by atoms with Crippen molar-refractivity contribution in [1.82, 2.24) is 14.8 Å². The molecule has 0 amide bonds. The Kier molecular flexibility index (Phi) is 5.96. The van der Waals surface area contributed by atoms with Gasteiger partial charge in [0.25, 0.3) is 0 Å². The van der Waals surface area contributed by atoms with Gasteiger partial charge in [-0.25, -0.2) is 0 Å². The van der Waals surface area contributed by atoms with Crippen LogP contribution < -0.4 is 5.32 Å². The molecule has 1 saturated carbocycles. The molecular weight excluding hydrogens is 375 g/mol. The first-order valence-electron chi connectivity index (χ1n) is 7.82. The predicted molar refractivity (Wildman–Crippen MR) is 98.0 cm³/mol. The van der Waals surface area contributed by atoms with Crippen molar-refractivity contribution in [3.05, 3.63) is 24.0 Å². The third-order valence-corrected chi connectivity index (χ3v) is 4.83. The average Bonchev–Trinajstić information content (AvgIpc) is 3.05. The third kappa shape index (κ3) is 3.93. The molecule has 1 aliphatic carbocycles. The fraction of sp³-hybridized carbons (Fsp3) is 0.688. The molecule has 2 atom stereocenters. The van der Waals surface area contributed by atoms with Gasteiger partial charge in [-0.05, 0) is 36.3 Å². The van der Waals surface area contributed by atoms with Gasteiger partial charge in [0.05, 0.1) is 0 Å². The van der Waals surface area contributed by atoms with Gasteiger partial charge in [0, 0.05) is 46.1 Å². The van der Waals surface area contributed by atoms with Gasteiger partial charge >= 0.3 is 0 Å². The molecule has 2 unspecified atom stereocenters. The lowest BCUT2D eigenvalue weighted by Crippen LogP contribution is -2.39. The molecule has 1 N–H and O–H groups in total. The molecule has 1 aromatic rings. The lowest BCUT2D eigenvalue weighted by Gasteiger charge is -2.22. The number of hydrogen-bond acceptors (Lipinski definition) is 1. The van der Waals surface area contributed by atoms with Crippen molar-refractivity contribution >= 4 is 29.9 Å². The Morgan fingerprint density at radius 3 is 2.48 bits per heavy atom. The summed E-state index contributed by atoms with van der Waals surface area (Å²) in [6, 6.07) is 2.16. The van der Waals surface area contributed by atoms with Gasteiger partial charge in [0.15, 0.2) is 5.96 Å². The monoisotopic (exact) mass is 402 g/mol. The summed E-state index contributed by atoms with van der Waals surface area (Å²) in [5.41, 5.74) is 1.31. The van der Waals surface area contributed by atoms with Crippen molar-refractivity contribution in [2.24, 2.45) is 23.9 Å². The van der Waals surface area contributed by atoms with E-state index in [0.29, 0.717) is 0 Å². The Morgan fingerprint density at radius 2 is 1.95 bits per heavy atom. The molecule has 0 aromatic carbocycles. The molecule has 4 nitrogen and oxygen atoms in total. The van der Waals surface area contributed by atoms with Crippen molar-refractivity contribution in [3.8, 4) is 0 Å². The minimum Gasteiger partial charge on any atom is -0.357 e. The summed E-state index contributed by atoms with van der Waals surface area (Å²) in [6.07, 6.45) is 9.91. The number of rotatable bonds is 2. The van der Waals surface area contributed by atoms with Crippen molar-refractivity contribution in [3.63, 3.8) is 0 Å². The summed E-state index contributed by atoms with van der Waals surface area (Å²) in [5, 5.41) is 3.51. The molecule has 21 heavy (non-hydrogen) atoms. The second-order valence-electron chi connectivity index (χ2n) is 6.30. The number of aryl methyl sites for hydroxylation is 1. The van der Waals surface area contributed by atoms with Gasteiger partial charge in [-0.2, -0.15) is 0 Å². The smallest absolute Gasteiger partial charge is 0.193 e. The molecule has 118 valence electrons. The molecule has 2 aliphatic rings. The van der Waals surface area contributed by atoms with Gasteiger partial charge in [-0.1, -0.05) is 12.8 Å². The molecule has 2 fully saturated rings. The predicted octanol–water partition coefficient (Wildman–Crippen LogP) is 2.84. The molecule has 5 heteroatoms. The van der Waals surface area contributed by atoms with E-state index in [9.17, 15) is 0 Å². The molecular formula is C16H27IN4. The van der Waals surface area contributed by atoms with Crippen molar-refractivity contribution in [2.45, 2.75) is 32.2 Å². The summed E-state index contributed by atoms with van der Waals surface area (Å²) in [6.45, 7) is 3.25. The number of nitrogens with one attached hydrogen (secondary N) is 1. The molecule has 1 saturated heterocycles. The van der Waals surface area contributed by atoms with E-state index >= 15 is 0 Å². The molecule has 1 aliphatic heterocycles. The van der Waals surface area contributed by atoms with Crippen LogP contribution in [0.15, 0.2) is 23.5 Å². The Labute approximate surface area is 145 Å². The van der Waals surface area contributed by atoms with E-state index in [1.54, 1.807) is 0 Å². The van der Waals surface area contributed by atoms with Gasteiger partial charge < -0.3 is 14.8 Å². The number of aliphatic imine (C=N–C) groups is 1. The van der Waals surface area contributed by atoms with Gasteiger partial charge in [-0.3, -0.25) is 4.99 Å². The molecule has 1 aromatic heterocycles. The highest BCUT2D eigenvalue weighted by atomic mass is 127. The highest BCUT2D eigenvalue weighted by Gasteiger charge is 2.35. The first-order chi connectivity index (χ1) is 9.76. The number of halogens is 1. The zero-order chi connectivity index (χ0) is 13.9. The minimum atomic E-state index is 0. The zero-order valence-corrected chi connectivity index (χ0v) is 15.4. The van der Waals surface area contributed by atoms with Crippen LogP contribution in [0, 0.1) is 11.8 Å². The highest BCUT2D eigenvalue weighted by Crippen LogP contribution is 2.35. The van der Waals surface area contributed by atoms with Crippen LogP contribution in [0.3, 0.4) is 0 Å². The van der Waals surface area contributed by atoms with E-state index in [-0.39, 0.29) is 24.0 Å². The Balaban J connectivity index is 0.00000161. The van der Waals surface area contributed by atoms with E-state index in [1.807, 2.05) is 7.05 Å². The van der Waals surface area contributed by atoms with Crippen LogP contribution in [-0.2, 0) is 13.6 Å². The topological polar surface area (TPSA) is 32.6 Å². The second-order valence-corrected chi connectivity index (χ2v) is 6.30. The SMILES string of the molecule is CN=C(NCc1ccn(C)c1)N1CC2CCCCC2C1.I. The largest absolute Gasteiger partial charge is 0.357 e. The number of fused-ring (bicyclic) bond motifs is 1. The van der Waals surface area contributed by atoms with E-state index in [2.05, 4.69) is 45.3 Å². The fourth-order valence-corrected chi connectivity index (χ4v) is 3.76. The molecule has 2 heterocycles. The number of likely N-dealkylation sites (tertiary alicyclic amines) is 1. The molecule has 0 spiro atoms. The van der Waals surface area contributed by atoms with Crippen molar-refractivity contribution < 1.29 is 0 Å². The maximum absolute atomic E-state index is 4.47. The first kappa shape index (κ1) is 16.6. The average molecular weight is 402 g/mol. The maximum Gasteiger partial charge on any atom is 0.193 e. The van der Waals surface area contributed by atoms with Gasteiger partial charge in [0.2, 0.25) is 0 Å². The minimum absolute atomic E-state index is 0. The van der Waals surface area contributed by atoms with E-state index in [0.717, 1.165) is 24.3 Å². The van der Waals surface area contributed by atoms with Crippen LogP contribution in [0.2, 0.25) is 0 Å². The van der Waals surface area contributed by atoms with E-state index < -0.39 is 0 Å². The standard InChI is InChI=1S/C16H26N4.HI/c1-17-16(18-9-13-7-8-19(2)10-13)20-11-14-5-3-4-6-15(14)12-20;/h7-8,10,14-15H,3-6,9,11-12H2,1-2H3,(H,17,18);1H. The van der Waals surface area contributed by atoms with Crippen LogP contribution in [0.5, 0.6) is 0 Å². The normalized spacial score (nSPS) is 25.4. The van der Waals surface area contributed by atoms with Crippen LogP contribution >= 0.6 is 24.0 Å². The summed E-state index contributed by atoms with van der Waals surface area (Å²) >= 11 is 0. The quantitative estimate of drug-likeness (QED) is 0.469. The fourth-order valence-electron chi connectivity index (χ4n) is 3.76. The van der Waals surface area contributed by atoms with Gasteiger partial charge in [-0.15, -0.1) is 24.0 Å². The Morgan fingerprint density at radius 1 is 1.29 bits per heavy atom. The molecule has 0 bridgehead atoms. The van der Waals surface area contributed by atoms with Gasteiger partial charge in [0.1, 0.15) is 0 Å².